The number of amides is 1. The predicted octanol–water partition coefficient (Wildman–Crippen LogP) is -0.400. The van der Waals surface area contributed by atoms with Crippen LogP contribution in [-0.2, 0) is 20.7 Å². The lowest BCUT2D eigenvalue weighted by atomic mass is 9.78. The van der Waals surface area contributed by atoms with Gasteiger partial charge >= 0.3 is 13.1 Å². The van der Waals surface area contributed by atoms with Crippen molar-refractivity contribution in [2.75, 3.05) is 20.1 Å². The molecule has 2 atom stereocenters. The Morgan fingerprint density at radius 1 is 1.55 bits per heavy atom. The van der Waals surface area contributed by atoms with E-state index in [-0.39, 0.29) is 18.7 Å². The number of rotatable bonds is 5. The second-order valence-corrected chi connectivity index (χ2v) is 6.43. The van der Waals surface area contributed by atoms with Gasteiger partial charge in [-0.25, -0.2) is 0 Å². The predicted molar refractivity (Wildman–Crippen MR) is 82.5 cm³/mol. The summed E-state index contributed by atoms with van der Waals surface area (Å²) in [6.07, 6.45) is -0.530. The second-order valence-electron chi connectivity index (χ2n) is 5.40. The number of nitrogens with one attached hydrogen (secondary N) is 1. The Labute approximate surface area is 133 Å². The minimum atomic E-state index is -1.22. The van der Waals surface area contributed by atoms with Crippen LogP contribution in [0.1, 0.15) is 11.3 Å². The number of nitrogens with zero attached hydrogens (tertiary/aromatic N) is 1. The van der Waals surface area contributed by atoms with Gasteiger partial charge < -0.3 is 25.0 Å². The Bertz CT molecular complexity index is 513. The van der Waals surface area contributed by atoms with Gasteiger partial charge in [0, 0.05) is 18.0 Å². The summed E-state index contributed by atoms with van der Waals surface area (Å²) in [6, 6.07) is 3.75. The molecule has 1 amide bonds. The summed E-state index contributed by atoms with van der Waals surface area (Å²) in [4.78, 5) is 25.6. The highest BCUT2D eigenvalue weighted by atomic mass is 32.1. The van der Waals surface area contributed by atoms with Crippen molar-refractivity contribution in [3.63, 3.8) is 0 Å². The monoisotopic (exact) mass is 326 g/mol. The Balaban J connectivity index is 1.92. The Hall–Kier alpha value is -1.42. The molecule has 1 aliphatic heterocycles. The lowest BCUT2D eigenvalue weighted by Crippen LogP contribution is -2.51. The topological polar surface area (TPSA) is 99.1 Å². The number of carboxylic acids is 1. The molecule has 1 unspecified atom stereocenters. The number of carboxylic acid groups (broad SMARTS) is 1. The first kappa shape index (κ1) is 16.9. The van der Waals surface area contributed by atoms with Crippen molar-refractivity contribution >= 4 is 30.3 Å². The van der Waals surface area contributed by atoms with E-state index in [0.29, 0.717) is 13.1 Å². The van der Waals surface area contributed by atoms with Gasteiger partial charge in [-0.1, -0.05) is 6.07 Å². The van der Waals surface area contributed by atoms with Gasteiger partial charge in [-0.05, 0) is 18.5 Å². The lowest BCUT2D eigenvalue weighted by molar-refractivity contribution is -0.139. The molecule has 0 bridgehead atoms. The molecule has 120 valence electrons. The fourth-order valence-corrected chi connectivity index (χ4v) is 3.14. The van der Waals surface area contributed by atoms with Crippen LogP contribution in [0.2, 0.25) is 0 Å². The molecular weight excluding hydrogens is 307 g/mol. The zero-order valence-corrected chi connectivity index (χ0v) is 13.1. The summed E-state index contributed by atoms with van der Waals surface area (Å²) in [7, 11) is 0.580. The third kappa shape index (κ3) is 5.10. The first-order valence-electron chi connectivity index (χ1n) is 6.99. The molecule has 1 saturated heterocycles. The second kappa shape index (κ2) is 7.73. The van der Waals surface area contributed by atoms with Gasteiger partial charge in [0.2, 0.25) is 5.91 Å². The molecule has 1 aromatic heterocycles. The molecular formula is C13H19BN2O5S. The normalized spacial score (nSPS) is 23.1. The number of carbonyl (C=O) groups excluding carboxylic acids is 1. The molecule has 1 aliphatic rings. The number of thiophene rings is 1. The van der Waals surface area contributed by atoms with Gasteiger partial charge in [0.15, 0.2) is 0 Å². The number of carbonyl (C=O) groups is 2. The zero-order valence-electron chi connectivity index (χ0n) is 12.3. The molecule has 0 spiro atoms. The molecule has 9 heteroatoms. The quantitative estimate of drug-likeness (QED) is 0.637. The van der Waals surface area contributed by atoms with Gasteiger partial charge in [0.05, 0.1) is 24.9 Å². The molecule has 1 fully saturated rings. The van der Waals surface area contributed by atoms with Crippen molar-refractivity contribution in [3.8, 4) is 0 Å². The molecule has 0 radical (unpaired) electrons. The largest absolute Gasteiger partial charge is 0.481 e. The van der Waals surface area contributed by atoms with Gasteiger partial charge in [0.1, 0.15) is 0 Å². The SMILES string of the molecule is CN1CC(CC(=O)O)OB(O)[C@@H](NC(=O)Cc2cccs2)C1. The molecule has 0 saturated carbocycles. The van der Waals surface area contributed by atoms with Crippen LogP contribution in [0.3, 0.4) is 0 Å². The molecule has 7 nitrogen and oxygen atoms in total. The summed E-state index contributed by atoms with van der Waals surface area (Å²) in [5, 5.41) is 23.6. The van der Waals surface area contributed by atoms with Crippen LogP contribution in [0.5, 0.6) is 0 Å². The first-order chi connectivity index (χ1) is 10.4. The van der Waals surface area contributed by atoms with E-state index in [0.717, 1.165) is 4.88 Å². The average molecular weight is 326 g/mol. The van der Waals surface area contributed by atoms with Gasteiger partial charge in [-0.2, -0.15) is 0 Å². The number of hydrogen-bond donors (Lipinski definition) is 3. The van der Waals surface area contributed by atoms with Crippen molar-refractivity contribution in [1.29, 1.82) is 0 Å². The Morgan fingerprint density at radius 3 is 2.95 bits per heavy atom. The Kier molecular flexibility index (Phi) is 5.95. The van der Waals surface area contributed by atoms with E-state index in [1.807, 2.05) is 22.4 Å². The summed E-state index contributed by atoms with van der Waals surface area (Å²) >= 11 is 1.50. The van der Waals surface area contributed by atoms with Crippen LogP contribution in [0.4, 0.5) is 0 Å². The van der Waals surface area contributed by atoms with Gasteiger partial charge in [-0.3, -0.25) is 9.59 Å². The van der Waals surface area contributed by atoms with Crippen molar-refractivity contribution in [2.24, 2.45) is 0 Å². The third-order valence-corrected chi connectivity index (χ3v) is 4.24. The molecule has 22 heavy (non-hydrogen) atoms. The van der Waals surface area contributed by atoms with E-state index in [2.05, 4.69) is 5.32 Å². The highest BCUT2D eigenvalue weighted by molar-refractivity contribution is 7.10. The van der Waals surface area contributed by atoms with E-state index < -0.39 is 25.1 Å². The lowest BCUT2D eigenvalue weighted by Gasteiger charge is -2.21. The van der Waals surface area contributed by atoms with Crippen LogP contribution in [-0.4, -0.2) is 66.2 Å². The van der Waals surface area contributed by atoms with E-state index in [9.17, 15) is 14.6 Å². The number of likely N-dealkylation sites (N-methyl/N-ethyl adjacent to an activating group) is 1. The minimum Gasteiger partial charge on any atom is -0.481 e. The minimum absolute atomic E-state index is 0.183. The fraction of sp³-hybridized carbons (Fsp3) is 0.538. The maximum atomic E-state index is 12.0. The molecule has 1 aromatic rings. The first-order valence-corrected chi connectivity index (χ1v) is 7.87. The third-order valence-electron chi connectivity index (χ3n) is 3.36. The van der Waals surface area contributed by atoms with Crippen LogP contribution in [0.25, 0.3) is 0 Å². The van der Waals surface area contributed by atoms with Crippen molar-refractivity contribution in [3.05, 3.63) is 22.4 Å². The summed E-state index contributed by atoms with van der Waals surface area (Å²) in [5.74, 6) is -1.76. The summed E-state index contributed by atoms with van der Waals surface area (Å²) < 4.78 is 5.36. The van der Waals surface area contributed by atoms with E-state index in [1.165, 1.54) is 11.3 Å². The van der Waals surface area contributed by atoms with Crippen LogP contribution < -0.4 is 5.32 Å². The molecule has 2 heterocycles. The van der Waals surface area contributed by atoms with Crippen molar-refractivity contribution < 1.29 is 24.4 Å². The van der Waals surface area contributed by atoms with E-state index in [4.69, 9.17) is 9.76 Å². The van der Waals surface area contributed by atoms with E-state index >= 15 is 0 Å². The van der Waals surface area contributed by atoms with Crippen LogP contribution >= 0.6 is 11.3 Å². The maximum absolute atomic E-state index is 12.0. The van der Waals surface area contributed by atoms with Gasteiger partial charge in [0.25, 0.3) is 0 Å². The number of hydrogen-bond acceptors (Lipinski definition) is 6. The van der Waals surface area contributed by atoms with Crippen LogP contribution in [0.15, 0.2) is 17.5 Å². The highest BCUT2D eigenvalue weighted by Crippen LogP contribution is 2.12. The Morgan fingerprint density at radius 2 is 2.32 bits per heavy atom. The smallest absolute Gasteiger partial charge is 0.479 e. The zero-order chi connectivity index (χ0) is 16.1. The summed E-state index contributed by atoms with van der Waals surface area (Å²) in [6.45, 7) is 0.786. The average Bonchev–Trinajstić information content (AvgIpc) is 2.85. The summed E-state index contributed by atoms with van der Waals surface area (Å²) in [5.41, 5.74) is 0. The van der Waals surface area contributed by atoms with Crippen LogP contribution in [0, 0.1) is 0 Å². The van der Waals surface area contributed by atoms with Crippen molar-refractivity contribution in [2.45, 2.75) is 24.9 Å². The van der Waals surface area contributed by atoms with E-state index in [1.54, 1.807) is 7.05 Å². The molecule has 3 N–H and O–H groups in total. The molecule has 0 aromatic carbocycles. The molecule has 0 aliphatic carbocycles. The molecule has 2 rings (SSSR count). The maximum Gasteiger partial charge on any atom is 0.479 e. The highest BCUT2D eigenvalue weighted by Gasteiger charge is 2.36. The van der Waals surface area contributed by atoms with Gasteiger partial charge in [-0.15, -0.1) is 11.3 Å². The van der Waals surface area contributed by atoms with Crippen molar-refractivity contribution in [1.82, 2.24) is 10.2 Å². The fourth-order valence-electron chi connectivity index (χ4n) is 2.44. The number of aliphatic carboxylic acids is 1. The standard InChI is InChI=1S/C13H19BN2O5S/c1-16-7-9(5-13(18)19)21-14(20)11(8-16)15-12(17)6-10-3-2-4-22-10/h2-4,9,11,20H,5-8H2,1H3,(H,15,17)(H,18,19)/t9?,11-/m0/s1.